The minimum Gasteiger partial charge on any atom is -0.308 e. The van der Waals surface area contributed by atoms with Crippen molar-refractivity contribution in [1.29, 1.82) is 5.41 Å². The SMILES string of the molecule is C\C(Cl)=C/N=C\C=C(/C)C=N. The van der Waals surface area contributed by atoms with Gasteiger partial charge >= 0.3 is 0 Å². The number of hydrogen-bond donors (Lipinski definition) is 1. The van der Waals surface area contributed by atoms with Crippen LogP contribution in [0.3, 0.4) is 0 Å². The standard InChI is InChI=1S/C8H11ClN2/c1-7(5-10)3-4-11-6-8(2)9/h3-6,10H,1-2H3/b7-3+,8-6+,10-5?,11-4-. The number of nitrogens with one attached hydrogen (secondary N) is 1. The first kappa shape index (κ1) is 10.1. The molecular weight excluding hydrogens is 160 g/mol. The Balaban J connectivity index is 3.96. The fourth-order valence-electron chi connectivity index (χ4n) is 0.354. The highest BCUT2D eigenvalue weighted by molar-refractivity contribution is 6.29. The maximum atomic E-state index is 6.83. The topological polar surface area (TPSA) is 36.2 Å². The first-order valence-electron chi connectivity index (χ1n) is 3.19. The van der Waals surface area contributed by atoms with E-state index >= 15 is 0 Å². The van der Waals surface area contributed by atoms with Crippen molar-refractivity contribution in [2.24, 2.45) is 4.99 Å². The lowest BCUT2D eigenvalue weighted by atomic mass is 10.3. The molecule has 60 valence electrons. The minimum atomic E-state index is 0.641. The van der Waals surface area contributed by atoms with E-state index < -0.39 is 0 Å². The molecule has 0 saturated heterocycles. The van der Waals surface area contributed by atoms with E-state index in [9.17, 15) is 0 Å². The second-order valence-electron chi connectivity index (χ2n) is 2.07. The van der Waals surface area contributed by atoms with Crippen molar-refractivity contribution in [1.82, 2.24) is 0 Å². The molecule has 0 amide bonds. The van der Waals surface area contributed by atoms with Gasteiger partial charge in [0.25, 0.3) is 0 Å². The van der Waals surface area contributed by atoms with Crippen LogP contribution in [0.15, 0.2) is 27.9 Å². The maximum Gasteiger partial charge on any atom is 0.0410 e. The molecule has 0 saturated carbocycles. The fraction of sp³-hybridized carbons (Fsp3) is 0.250. The summed E-state index contributed by atoms with van der Waals surface area (Å²) in [5.41, 5.74) is 0.856. The second kappa shape index (κ2) is 5.86. The monoisotopic (exact) mass is 170 g/mol. The molecular formula is C8H11ClN2. The Morgan fingerprint density at radius 2 is 2.09 bits per heavy atom. The molecule has 3 heteroatoms. The average molecular weight is 171 g/mol. The van der Waals surface area contributed by atoms with E-state index in [4.69, 9.17) is 17.0 Å². The third-order valence-corrected chi connectivity index (χ3v) is 1.00. The van der Waals surface area contributed by atoms with Crippen molar-refractivity contribution >= 4 is 24.0 Å². The van der Waals surface area contributed by atoms with Crippen LogP contribution >= 0.6 is 11.6 Å². The first-order chi connectivity index (χ1) is 5.16. The molecule has 0 rings (SSSR count). The molecule has 1 N–H and O–H groups in total. The summed E-state index contributed by atoms with van der Waals surface area (Å²) in [6.45, 7) is 3.59. The molecule has 0 bridgehead atoms. The summed E-state index contributed by atoms with van der Waals surface area (Å²) in [5, 5.41) is 7.47. The molecule has 0 atom stereocenters. The lowest BCUT2D eigenvalue weighted by Crippen LogP contribution is -1.74. The van der Waals surface area contributed by atoms with Gasteiger partial charge in [-0.1, -0.05) is 11.6 Å². The molecule has 0 aromatic heterocycles. The largest absolute Gasteiger partial charge is 0.308 e. The second-order valence-corrected chi connectivity index (χ2v) is 2.67. The number of halogens is 1. The Morgan fingerprint density at radius 1 is 1.45 bits per heavy atom. The normalized spacial score (nSPS) is 14.1. The van der Waals surface area contributed by atoms with Crippen LogP contribution in [0.2, 0.25) is 0 Å². The zero-order chi connectivity index (χ0) is 8.69. The molecule has 0 heterocycles. The summed E-state index contributed by atoms with van der Waals surface area (Å²) >= 11 is 5.51. The quantitative estimate of drug-likeness (QED) is 0.633. The predicted octanol–water partition coefficient (Wildman–Crippen LogP) is 2.75. The van der Waals surface area contributed by atoms with Gasteiger partial charge in [-0.25, -0.2) is 0 Å². The van der Waals surface area contributed by atoms with Gasteiger partial charge in [0.05, 0.1) is 0 Å². The molecule has 2 nitrogen and oxygen atoms in total. The zero-order valence-corrected chi connectivity index (χ0v) is 7.39. The average Bonchev–Trinajstić information content (AvgIpc) is 1.97. The van der Waals surface area contributed by atoms with E-state index in [1.807, 2.05) is 6.92 Å². The molecule has 0 fully saturated rings. The van der Waals surface area contributed by atoms with Gasteiger partial charge in [0.1, 0.15) is 0 Å². The minimum absolute atomic E-state index is 0.641. The number of aliphatic imine (C=N–C) groups is 1. The van der Waals surface area contributed by atoms with E-state index in [1.165, 1.54) is 6.21 Å². The Hall–Kier alpha value is -0.890. The van der Waals surface area contributed by atoms with E-state index in [1.54, 1.807) is 25.4 Å². The van der Waals surface area contributed by atoms with E-state index in [0.717, 1.165) is 5.57 Å². The van der Waals surface area contributed by atoms with Crippen LogP contribution in [0.1, 0.15) is 13.8 Å². The van der Waals surface area contributed by atoms with Crippen molar-refractivity contribution in [2.45, 2.75) is 13.8 Å². The van der Waals surface area contributed by atoms with Gasteiger partial charge in [0, 0.05) is 23.7 Å². The molecule has 0 aliphatic carbocycles. The third kappa shape index (κ3) is 7.00. The smallest absolute Gasteiger partial charge is 0.0410 e. The summed E-state index contributed by atoms with van der Waals surface area (Å²) in [4.78, 5) is 3.86. The molecule has 0 radical (unpaired) electrons. The Labute approximate surface area is 71.8 Å². The van der Waals surface area contributed by atoms with Gasteiger partial charge in [-0.2, -0.15) is 0 Å². The van der Waals surface area contributed by atoms with Gasteiger partial charge in [0.2, 0.25) is 0 Å². The van der Waals surface area contributed by atoms with Gasteiger partial charge < -0.3 is 5.41 Å². The van der Waals surface area contributed by atoms with E-state index in [-0.39, 0.29) is 0 Å². The summed E-state index contributed by atoms with van der Waals surface area (Å²) < 4.78 is 0. The lowest BCUT2D eigenvalue weighted by molar-refractivity contribution is 1.49. The molecule has 0 aliphatic heterocycles. The van der Waals surface area contributed by atoms with Crippen LogP contribution in [0, 0.1) is 5.41 Å². The summed E-state index contributed by atoms with van der Waals surface area (Å²) in [6.07, 6.45) is 6.16. The first-order valence-corrected chi connectivity index (χ1v) is 3.57. The van der Waals surface area contributed by atoms with Crippen LogP contribution in [0.25, 0.3) is 0 Å². The highest BCUT2D eigenvalue weighted by Gasteiger charge is 1.75. The summed E-state index contributed by atoms with van der Waals surface area (Å²) in [6, 6.07) is 0. The number of hydrogen-bond acceptors (Lipinski definition) is 2. The van der Waals surface area contributed by atoms with Gasteiger partial charge in [-0.05, 0) is 25.5 Å². The zero-order valence-electron chi connectivity index (χ0n) is 6.63. The number of allylic oxidation sites excluding steroid dienone is 3. The Bertz CT molecular complexity index is 210. The van der Waals surface area contributed by atoms with Crippen molar-refractivity contribution in [3.63, 3.8) is 0 Å². The van der Waals surface area contributed by atoms with Crippen molar-refractivity contribution < 1.29 is 0 Å². The van der Waals surface area contributed by atoms with E-state index in [0.29, 0.717) is 5.03 Å². The number of nitrogens with zero attached hydrogens (tertiary/aromatic N) is 1. The van der Waals surface area contributed by atoms with Crippen LogP contribution in [0.4, 0.5) is 0 Å². The van der Waals surface area contributed by atoms with Crippen LogP contribution < -0.4 is 0 Å². The van der Waals surface area contributed by atoms with Crippen LogP contribution in [-0.4, -0.2) is 12.4 Å². The summed E-state index contributed by atoms with van der Waals surface area (Å²) in [7, 11) is 0. The van der Waals surface area contributed by atoms with Crippen molar-refractivity contribution in [3.05, 3.63) is 22.9 Å². The predicted molar refractivity (Wildman–Crippen MR) is 50.6 cm³/mol. The third-order valence-electron chi connectivity index (χ3n) is 0.904. The Kier molecular flexibility index (Phi) is 5.39. The lowest BCUT2D eigenvalue weighted by Gasteiger charge is -1.82. The molecule has 0 aromatic rings. The van der Waals surface area contributed by atoms with Crippen LogP contribution in [-0.2, 0) is 0 Å². The van der Waals surface area contributed by atoms with Crippen molar-refractivity contribution in [2.75, 3.05) is 0 Å². The highest BCUT2D eigenvalue weighted by Crippen LogP contribution is 1.96. The van der Waals surface area contributed by atoms with Crippen LogP contribution in [0.5, 0.6) is 0 Å². The van der Waals surface area contributed by atoms with E-state index in [2.05, 4.69) is 4.99 Å². The highest BCUT2D eigenvalue weighted by atomic mass is 35.5. The van der Waals surface area contributed by atoms with Crippen molar-refractivity contribution in [3.8, 4) is 0 Å². The van der Waals surface area contributed by atoms with Gasteiger partial charge in [0.15, 0.2) is 0 Å². The number of rotatable bonds is 3. The Morgan fingerprint density at radius 3 is 2.55 bits per heavy atom. The fourth-order valence-corrected chi connectivity index (χ4v) is 0.411. The maximum absolute atomic E-state index is 6.83. The summed E-state index contributed by atoms with van der Waals surface area (Å²) in [5.74, 6) is 0. The molecule has 0 aliphatic rings. The molecule has 11 heavy (non-hydrogen) atoms. The molecule has 0 unspecified atom stereocenters. The van der Waals surface area contributed by atoms with Gasteiger partial charge in [-0.3, -0.25) is 4.99 Å². The molecule has 0 aromatic carbocycles. The molecule has 0 spiro atoms. The van der Waals surface area contributed by atoms with Gasteiger partial charge in [-0.15, -0.1) is 0 Å².